The normalized spacial score (nSPS) is 15.3. The molecule has 2 aromatic carbocycles. The Kier molecular flexibility index (Phi) is 6.14. The molecule has 1 N–H and O–H groups in total. The standard InChI is InChI=1S/C22H22Cl2N2S/c23-20-12-19-18(14-25-22(19)13-21(20)24)15-27-11-10-26-8-6-17(7-9-26)16-4-2-1-3-5-16/h1-6,12-14,25H,7-11,15H2. The number of thioether (sulfide) groups is 1. The molecule has 0 unspecified atom stereocenters. The van der Waals surface area contributed by atoms with Crippen molar-refractivity contribution < 1.29 is 0 Å². The van der Waals surface area contributed by atoms with Crippen LogP contribution >= 0.6 is 35.0 Å². The van der Waals surface area contributed by atoms with Gasteiger partial charge in [-0.2, -0.15) is 11.8 Å². The van der Waals surface area contributed by atoms with Crippen molar-refractivity contribution in [3.05, 3.63) is 75.9 Å². The molecule has 0 saturated carbocycles. The van der Waals surface area contributed by atoms with Gasteiger partial charge in [-0.25, -0.2) is 0 Å². The zero-order valence-electron chi connectivity index (χ0n) is 15.1. The van der Waals surface area contributed by atoms with Crippen LogP contribution in [0.5, 0.6) is 0 Å². The highest BCUT2D eigenvalue weighted by atomic mass is 35.5. The lowest BCUT2D eigenvalue weighted by atomic mass is 10.00. The minimum absolute atomic E-state index is 0.596. The number of rotatable bonds is 6. The van der Waals surface area contributed by atoms with Gasteiger partial charge in [0.05, 0.1) is 10.0 Å². The molecule has 0 amide bonds. The van der Waals surface area contributed by atoms with Crippen molar-refractivity contribution in [1.29, 1.82) is 0 Å². The molecule has 2 nitrogen and oxygen atoms in total. The van der Waals surface area contributed by atoms with Crippen LogP contribution in [-0.4, -0.2) is 35.3 Å². The zero-order chi connectivity index (χ0) is 18.6. The van der Waals surface area contributed by atoms with Crippen LogP contribution < -0.4 is 0 Å². The summed E-state index contributed by atoms with van der Waals surface area (Å²) in [6.07, 6.45) is 5.59. The topological polar surface area (TPSA) is 19.0 Å². The molecule has 27 heavy (non-hydrogen) atoms. The Morgan fingerprint density at radius 1 is 1.07 bits per heavy atom. The van der Waals surface area contributed by atoms with Crippen LogP contribution in [0, 0.1) is 0 Å². The van der Waals surface area contributed by atoms with Crippen LogP contribution in [0.25, 0.3) is 16.5 Å². The second-order valence-electron chi connectivity index (χ2n) is 6.82. The Balaban J connectivity index is 1.27. The van der Waals surface area contributed by atoms with Gasteiger partial charge in [0.2, 0.25) is 0 Å². The van der Waals surface area contributed by atoms with Gasteiger partial charge in [0, 0.05) is 48.2 Å². The average molecular weight is 417 g/mol. The smallest absolute Gasteiger partial charge is 0.0613 e. The Hall–Kier alpha value is -1.39. The highest BCUT2D eigenvalue weighted by molar-refractivity contribution is 7.98. The number of fused-ring (bicyclic) bond motifs is 1. The number of nitrogens with zero attached hydrogens (tertiary/aromatic N) is 1. The summed E-state index contributed by atoms with van der Waals surface area (Å²) in [4.78, 5) is 5.83. The van der Waals surface area contributed by atoms with Gasteiger partial charge in [-0.1, -0.05) is 59.6 Å². The molecule has 0 spiro atoms. The highest BCUT2D eigenvalue weighted by Crippen LogP contribution is 2.31. The SMILES string of the molecule is Clc1cc2[nH]cc(CSCCN3CC=C(c4ccccc4)CC3)c2cc1Cl. The van der Waals surface area contributed by atoms with Crippen LogP contribution in [0.4, 0.5) is 0 Å². The maximum absolute atomic E-state index is 6.17. The molecular formula is C22H22Cl2N2S. The fourth-order valence-electron chi connectivity index (χ4n) is 3.50. The number of hydrogen-bond donors (Lipinski definition) is 1. The van der Waals surface area contributed by atoms with Gasteiger partial charge in [-0.3, -0.25) is 4.90 Å². The van der Waals surface area contributed by atoms with E-state index in [1.165, 1.54) is 22.1 Å². The van der Waals surface area contributed by atoms with Crippen LogP contribution in [-0.2, 0) is 5.75 Å². The van der Waals surface area contributed by atoms with Crippen LogP contribution in [0.15, 0.2) is 54.7 Å². The van der Waals surface area contributed by atoms with Crippen LogP contribution in [0.2, 0.25) is 10.0 Å². The van der Waals surface area contributed by atoms with E-state index < -0.39 is 0 Å². The Labute approximate surface area is 174 Å². The van der Waals surface area contributed by atoms with Gasteiger partial charge in [0.25, 0.3) is 0 Å². The fraction of sp³-hybridized carbons (Fsp3) is 0.273. The number of nitrogens with one attached hydrogen (secondary N) is 1. The second-order valence-corrected chi connectivity index (χ2v) is 8.74. The molecule has 0 saturated heterocycles. The van der Waals surface area contributed by atoms with E-state index in [0.717, 1.165) is 43.1 Å². The van der Waals surface area contributed by atoms with Crippen molar-refractivity contribution in [2.75, 3.05) is 25.4 Å². The van der Waals surface area contributed by atoms with E-state index in [9.17, 15) is 0 Å². The van der Waals surface area contributed by atoms with E-state index in [4.69, 9.17) is 23.2 Å². The molecule has 0 fully saturated rings. The molecule has 2 heterocycles. The minimum atomic E-state index is 0.596. The van der Waals surface area contributed by atoms with Gasteiger partial charge >= 0.3 is 0 Å². The van der Waals surface area contributed by atoms with Crippen molar-refractivity contribution in [3.63, 3.8) is 0 Å². The summed E-state index contributed by atoms with van der Waals surface area (Å²) in [7, 11) is 0. The molecule has 1 aliphatic heterocycles. The lowest BCUT2D eigenvalue weighted by Crippen LogP contribution is -2.30. The molecule has 4 rings (SSSR count). The first kappa shape index (κ1) is 18.9. The molecule has 0 atom stereocenters. The lowest BCUT2D eigenvalue weighted by Gasteiger charge is -2.26. The fourth-order valence-corrected chi connectivity index (χ4v) is 4.82. The number of aromatic nitrogens is 1. The summed E-state index contributed by atoms with van der Waals surface area (Å²) in [5.41, 5.74) is 5.19. The Morgan fingerprint density at radius 2 is 1.89 bits per heavy atom. The van der Waals surface area contributed by atoms with E-state index in [1.54, 1.807) is 0 Å². The summed E-state index contributed by atoms with van der Waals surface area (Å²) in [5.74, 6) is 2.11. The minimum Gasteiger partial charge on any atom is -0.361 e. The molecule has 0 radical (unpaired) electrons. The van der Waals surface area contributed by atoms with E-state index in [-0.39, 0.29) is 0 Å². The molecule has 5 heteroatoms. The van der Waals surface area contributed by atoms with Crippen molar-refractivity contribution >= 4 is 51.4 Å². The Morgan fingerprint density at radius 3 is 2.67 bits per heavy atom. The lowest BCUT2D eigenvalue weighted by molar-refractivity contribution is 0.321. The van der Waals surface area contributed by atoms with Gasteiger partial charge in [0.15, 0.2) is 0 Å². The van der Waals surface area contributed by atoms with Gasteiger partial charge in [-0.15, -0.1) is 0 Å². The monoisotopic (exact) mass is 416 g/mol. The first-order valence-electron chi connectivity index (χ1n) is 9.20. The molecular weight excluding hydrogens is 395 g/mol. The molecule has 3 aromatic rings. The highest BCUT2D eigenvalue weighted by Gasteiger charge is 2.13. The molecule has 0 aliphatic carbocycles. The molecule has 0 bridgehead atoms. The van der Waals surface area contributed by atoms with Gasteiger partial charge in [-0.05, 0) is 35.3 Å². The third-order valence-corrected chi connectivity index (χ3v) is 6.76. The summed E-state index contributed by atoms with van der Waals surface area (Å²) in [6.45, 7) is 3.31. The van der Waals surface area contributed by atoms with Crippen LogP contribution in [0.1, 0.15) is 17.5 Å². The number of benzene rings is 2. The summed E-state index contributed by atoms with van der Waals surface area (Å²) < 4.78 is 0. The molecule has 140 valence electrons. The summed E-state index contributed by atoms with van der Waals surface area (Å²) in [5, 5.41) is 2.38. The number of aromatic amines is 1. The first-order chi connectivity index (χ1) is 13.2. The first-order valence-corrected chi connectivity index (χ1v) is 11.1. The maximum Gasteiger partial charge on any atom is 0.0613 e. The zero-order valence-corrected chi connectivity index (χ0v) is 17.4. The van der Waals surface area contributed by atoms with Crippen molar-refractivity contribution in [2.45, 2.75) is 12.2 Å². The van der Waals surface area contributed by atoms with E-state index in [2.05, 4.69) is 52.5 Å². The molecule has 1 aromatic heterocycles. The predicted octanol–water partition coefficient (Wildman–Crippen LogP) is 6.50. The maximum atomic E-state index is 6.17. The summed E-state index contributed by atoms with van der Waals surface area (Å²) in [6, 6.07) is 14.6. The third kappa shape index (κ3) is 4.55. The van der Waals surface area contributed by atoms with Crippen molar-refractivity contribution in [2.24, 2.45) is 0 Å². The predicted molar refractivity (Wildman–Crippen MR) is 120 cm³/mol. The third-order valence-electron chi connectivity index (χ3n) is 5.06. The van der Waals surface area contributed by atoms with Gasteiger partial charge < -0.3 is 4.98 Å². The largest absolute Gasteiger partial charge is 0.361 e. The number of hydrogen-bond acceptors (Lipinski definition) is 2. The second kappa shape index (κ2) is 8.74. The number of halogens is 2. The van der Waals surface area contributed by atoms with Crippen molar-refractivity contribution in [1.82, 2.24) is 9.88 Å². The van der Waals surface area contributed by atoms with E-state index >= 15 is 0 Å². The van der Waals surface area contributed by atoms with Crippen molar-refractivity contribution in [3.8, 4) is 0 Å². The van der Waals surface area contributed by atoms with Crippen LogP contribution in [0.3, 0.4) is 0 Å². The Bertz CT molecular complexity index is 950. The quantitative estimate of drug-likeness (QED) is 0.462. The average Bonchev–Trinajstić information content (AvgIpc) is 3.08. The van der Waals surface area contributed by atoms with E-state index in [1.807, 2.05) is 23.9 Å². The van der Waals surface area contributed by atoms with E-state index in [0.29, 0.717) is 10.0 Å². The summed E-state index contributed by atoms with van der Waals surface area (Å²) >= 11 is 14.2. The van der Waals surface area contributed by atoms with Gasteiger partial charge in [0.1, 0.15) is 0 Å². The number of H-pyrrole nitrogens is 1. The molecule has 1 aliphatic rings.